The van der Waals surface area contributed by atoms with Crippen LogP contribution in [0.3, 0.4) is 0 Å². The summed E-state index contributed by atoms with van der Waals surface area (Å²) in [4.78, 5) is 27.0. The normalized spacial score (nSPS) is 11.5. The zero-order valence-corrected chi connectivity index (χ0v) is 17.7. The molecule has 6 nitrogen and oxygen atoms in total. The minimum atomic E-state index is -0.295. The van der Waals surface area contributed by atoms with Crippen molar-refractivity contribution in [1.29, 1.82) is 0 Å². The van der Waals surface area contributed by atoms with Gasteiger partial charge < -0.3 is 14.7 Å². The molecule has 6 heteroatoms. The molecule has 0 aliphatic rings. The van der Waals surface area contributed by atoms with Gasteiger partial charge in [0.05, 0.1) is 0 Å². The quantitative estimate of drug-likeness (QED) is 0.766. The highest BCUT2D eigenvalue weighted by Crippen LogP contribution is 2.22. The number of rotatable bonds is 7. The number of hydrogen-bond donors (Lipinski definition) is 1. The fourth-order valence-electron chi connectivity index (χ4n) is 2.74. The number of carbonyl (C=O) groups is 2. The van der Waals surface area contributed by atoms with E-state index >= 15 is 0 Å². The number of amides is 2. The van der Waals surface area contributed by atoms with E-state index in [1.54, 1.807) is 17.9 Å². The molecule has 0 fully saturated rings. The molecule has 0 aliphatic heterocycles. The summed E-state index contributed by atoms with van der Waals surface area (Å²) in [6.45, 7) is 12.8. The molecule has 0 bridgehead atoms. The van der Waals surface area contributed by atoms with Gasteiger partial charge in [0.2, 0.25) is 5.91 Å². The Kier molecular flexibility index (Phi) is 7.00. The molecule has 2 amide bonds. The molecule has 0 atom stereocenters. The van der Waals surface area contributed by atoms with Crippen molar-refractivity contribution in [3.63, 3.8) is 0 Å². The third-order valence-corrected chi connectivity index (χ3v) is 4.49. The van der Waals surface area contributed by atoms with Crippen LogP contribution in [0, 0.1) is 12.8 Å². The summed E-state index contributed by atoms with van der Waals surface area (Å²) in [5.41, 5.74) is 1.77. The van der Waals surface area contributed by atoms with Crippen molar-refractivity contribution in [1.82, 2.24) is 10.1 Å². The Morgan fingerprint density at radius 1 is 1.18 bits per heavy atom. The van der Waals surface area contributed by atoms with Gasteiger partial charge in [0, 0.05) is 18.2 Å². The summed E-state index contributed by atoms with van der Waals surface area (Å²) in [5, 5.41) is 6.44. The van der Waals surface area contributed by atoms with Gasteiger partial charge in [-0.05, 0) is 42.4 Å². The van der Waals surface area contributed by atoms with Crippen molar-refractivity contribution in [3.8, 4) is 0 Å². The van der Waals surface area contributed by atoms with Gasteiger partial charge in [0.15, 0.2) is 5.82 Å². The largest absolute Gasteiger partial charge is 0.360 e. The second-order valence-corrected chi connectivity index (χ2v) is 8.61. The maximum atomic E-state index is 13.0. The third-order valence-electron chi connectivity index (χ3n) is 4.49. The lowest BCUT2D eigenvalue weighted by Gasteiger charge is -2.24. The van der Waals surface area contributed by atoms with E-state index in [1.165, 1.54) is 0 Å². The molecule has 1 heterocycles. The van der Waals surface area contributed by atoms with Crippen molar-refractivity contribution < 1.29 is 14.1 Å². The fourth-order valence-corrected chi connectivity index (χ4v) is 2.74. The van der Waals surface area contributed by atoms with E-state index in [0.29, 0.717) is 29.6 Å². The zero-order chi connectivity index (χ0) is 20.9. The summed E-state index contributed by atoms with van der Waals surface area (Å²) in [6.07, 6.45) is 0.822. The van der Waals surface area contributed by atoms with Crippen LogP contribution in [-0.4, -0.2) is 35.0 Å². The van der Waals surface area contributed by atoms with Gasteiger partial charge in [-0.3, -0.25) is 9.59 Å². The number of hydrogen-bond acceptors (Lipinski definition) is 4. The van der Waals surface area contributed by atoms with E-state index in [9.17, 15) is 9.59 Å². The van der Waals surface area contributed by atoms with Crippen LogP contribution in [0.4, 0.5) is 5.82 Å². The summed E-state index contributed by atoms with van der Waals surface area (Å²) in [5.74, 6) is 0.958. The molecule has 1 aromatic carbocycles. The van der Waals surface area contributed by atoms with Crippen molar-refractivity contribution in [2.45, 2.75) is 53.4 Å². The summed E-state index contributed by atoms with van der Waals surface area (Å²) in [7, 11) is 0. The number of anilines is 1. The Bertz CT molecular complexity index is 801. The van der Waals surface area contributed by atoms with Gasteiger partial charge in [0.25, 0.3) is 5.91 Å². The standard InChI is InChI=1S/C22H31N3O3/c1-15(2)11-12-25(14-20(26)23-19-13-16(3)28-24-19)21(27)17-7-9-18(10-8-17)22(4,5)6/h7-10,13,15H,11-12,14H2,1-6H3,(H,23,24,26). The molecule has 0 unspecified atom stereocenters. The number of nitrogens with zero attached hydrogens (tertiary/aromatic N) is 2. The summed E-state index contributed by atoms with van der Waals surface area (Å²) in [6, 6.07) is 9.27. The molecule has 1 N–H and O–H groups in total. The van der Waals surface area contributed by atoms with Crippen LogP contribution in [-0.2, 0) is 10.2 Å². The number of nitrogens with one attached hydrogen (secondary N) is 1. The fraction of sp³-hybridized carbons (Fsp3) is 0.500. The Morgan fingerprint density at radius 3 is 2.32 bits per heavy atom. The molecule has 0 saturated heterocycles. The molecule has 0 spiro atoms. The van der Waals surface area contributed by atoms with Gasteiger partial charge in [-0.25, -0.2) is 0 Å². The van der Waals surface area contributed by atoms with E-state index in [-0.39, 0.29) is 23.8 Å². The average Bonchev–Trinajstić information content (AvgIpc) is 3.01. The number of carbonyl (C=O) groups excluding carboxylic acids is 2. The average molecular weight is 386 g/mol. The Labute approximate surface area is 167 Å². The lowest BCUT2D eigenvalue weighted by molar-refractivity contribution is -0.117. The highest BCUT2D eigenvalue weighted by molar-refractivity contribution is 5.99. The maximum absolute atomic E-state index is 13.0. The van der Waals surface area contributed by atoms with E-state index in [2.05, 4.69) is 45.1 Å². The molecule has 1 aromatic heterocycles. The van der Waals surface area contributed by atoms with Crippen molar-refractivity contribution >= 4 is 17.6 Å². The lowest BCUT2D eigenvalue weighted by atomic mass is 9.86. The first-order valence-corrected chi connectivity index (χ1v) is 9.69. The smallest absolute Gasteiger partial charge is 0.254 e. The maximum Gasteiger partial charge on any atom is 0.254 e. The Hall–Kier alpha value is -2.63. The Morgan fingerprint density at radius 2 is 1.82 bits per heavy atom. The second kappa shape index (κ2) is 9.04. The van der Waals surface area contributed by atoms with E-state index < -0.39 is 0 Å². The summed E-state index contributed by atoms with van der Waals surface area (Å²) < 4.78 is 4.96. The monoisotopic (exact) mass is 385 g/mol. The van der Waals surface area contributed by atoms with Crippen LogP contribution in [0.1, 0.15) is 62.7 Å². The Balaban J connectivity index is 2.12. The minimum absolute atomic E-state index is 0.0223. The molecule has 152 valence electrons. The van der Waals surface area contributed by atoms with Crippen molar-refractivity contribution in [3.05, 3.63) is 47.2 Å². The predicted molar refractivity (Wildman–Crippen MR) is 110 cm³/mol. The topological polar surface area (TPSA) is 75.4 Å². The first-order valence-electron chi connectivity index (χ1n) is 9.69. The van der Waals surface area contributed by atoms with E-state index in [0.717, 1.165) is 12.0 Å². The minimum Gasteiger partial charge on any atom is -0.360 e. The highest BCUT2D eigenvalue weighted by Gasteiger charge is 2.21. The molecule has 0 aliphatic carbocycles. The van der Waals surface area contributed by atoms with Crippen LogP contribution in [0.2, 0.25) is 0 Å². The first kappa shape index (κ1) is 21.7. The van der Waals surface area contributed by atoms with Crippen LogP contribution in [0.5, 0.6) is 0 Å². The first-order chi connectivity index (χ1) is 13.1. The van der Waals surface area contributed by atoms with E-state index in [4.69, 9.17) is 4.52 Å². The second-order valence-electron chi connectivity index (χ2n) is 8.61. The number of benzene rings is 1. The van der Waals surface area contributed by atoms with E-state index in [1.807, 2.05) is 24.3 Å². The molecular formula is C22H31N3O3. The van der Waals surface area contributed by atoms with Gasteiger partial charge in [-0.1, -0.05) is 51.9 Å². The molecule has 2 rings (SSSR count). The van der Waals surface area contributed by atoms with Crippen LogP contribution in [0.15, 0.2) is 34.9 Å². The molecule has 2 aromatic rings. The van der Waals surface area contributed by atoms with Crippen LogP contribution in [0.25, 0.3) is 0 Å². The van der Waals surface area contributed by atoms with Gasteiger partial charge in [-0.15, -0.1) is 0 Å². The number of aryl methyl sites for hydroxylation is 1. The highest BCUT2D eigenvalue weighted by atomic mass is 16.5. The van der Waals surface area contributed by atoms with Gasteiger partial charge in [-0.2, -0.15) is 0 Å². The van der Waals surface area contributed by atoms with Gasteiger partial charge in [0.1, 0.15) is 12.3 Å². The summed E-state index contributed by atoms with van der Waals surface area (Å²) >= 11 is 0. The van der Waals surface area contributed by atoms with Crippen molar-refractivity contribution in [2.24, 2.45) is 5.92 Å². The molecule has 0 radical (unpaired) electrons. The molecule has 0 saturated carbocycles. The van der Waals surface area contributed by atoms with Gasteiger partial charge >= 0.3 is 0 Å². The van der Waals surface area contributed by atoms with Crippen molar-refractivity contribution in [2.75, 3.05) is 18.4 Å². The lowest BCUT2D eigenvalue weighted by Crippen LogP contribution is -2.39. The number of aromatic nitrogens is 1. The molecular weight excluding hydrogens is 354 g/mol. The SMILES string of the molecule is Cc1cc(NC(=O)CN(CCC(C)C)C(=O)c2ccc(C(C)(C)C)cc2)no1. The third kappa shape index (κ3) is 6.22. The molecule has 28 heavy (non-hydrogen) atoms. The predicted octanol–water partition coefficient (Wildman–Crippen LogP) is 4.41. The zero-order valence-electron chi connectivity index (χ0n) is 17.7. The van der Waals surface area contributed by atoms with Crippen LogP contribution < -0.4 is 5.32 Å². The van der Waals surface area contributed by atoms with Crippen LogP contribution >= 0.6 is 0 Å².